The number of H-pyrrole nitrogens is 1. The van der Waals surface area contributed by atoms with E-state index in [2.05, 4.69) is 23.9 Å². The number of aromatic nitrogens is 2. The molecular formula is C20H23N3O4S. The maximum absolute atomic E-state index is 12.9. The number of thioether (sulfide) groups is 1. The highest BCUT2D eigenvalue weighted by Crippen LogP contribution is 2.45. The minimum absolute atomic E-state index is 0.120. The summed E-state index contributed by atoms with van der Waals surface area (Å²) in [5, 5.41) is 12.8. The summed E-state index contributed by atoms with van der Waals surface area (Å²) in [6, 6.07) is 6.82. The Kier molecular flexibility index (Phi) is 4.71. The zero-order chi connectivity index (χ0) is 20.1. The van der Waals surface area contributed by atoms with Crippen molar-refractivity contribution in [3.8, 4) is 0 Å². The van der Waals surface area contributed by atoms with Crippen molar-refractivity contribution in [1.29, 1.82) is 0 Å². The molecule has 1 aromatic carbocycles. The van der Waals surface area contributed by atoms with Gasteiger partial charge in [-0.1, -0.05) is 23.9 Å². The van der Waals surface area contributed by atoms with Crippen LogP contribution in [0.2, 0.25) is 0 Å². The highest BCUT2D eigenvalue weighted by atomic mass is 32.2. The maximum Gasteiger partial charge on any atom is 0.335 e. The lowest BCUT2D eigenvalue weighted by Crippen LogP contribution is -2.35. The van der Waals surface area contributed by atoms with Gasteiger partial charge in [0.15, 0.2) is 5.82 Å². The number of hydrogen-bond donors (Lipinski definition) is 2. The van der Waals surface area contributed by atoms with Gasteiger partial charge in [0.25, 0.3) is 5.56 Å². The Morgan fingerprint density at radius 3 is 2.71 bits per heavy atom. The van der Waals surface area contributed by atoms with Crippen molar-refractivity contribution in [3.63, 3.8) is 0 Å². The summed E-state index contributed by atoms with van der Waals surface area (Å²) in [5.41, 5.74) is 1.36. The fourth-order valence-corrected chi connectivity index (χ4v) is 5.03. The van der Waals surface area contributed by atoms with Crippen LogP contribution in [0.15, 0.2) is 34.1 Å². The maximum atomic E-state index is 12.9. The van der Waals surface area contributed by atoms with E-state index in [1.165, 1.54) is 11.8 Å². The number of carboxylic acid groups (broad SMARTS) is 1. The SMILES string of the molecule is CC1=Nc2c(c(=O)[nH]n2[C@@H]2CCOC(C)(C)C2)[C@@H](c2ccc(C(=O)O)cc2)S1. The molecule has 0 radical (unpaired) electrons. The van der Waals surface area contributed by atoms with Crippen molar-refractivity contribution in [3.05, 3.63) is 51.3 Å². The predicted molar refractivity (Wildman–Crippen MR) is 109 cm³/mol. The second-order valence-electron chi connectivity index (χ2n) is 7.86. The van der Waals surface area contributed by atoms with E-state index in [0.29, 0.717) is 18.0 Å². The van der Waals surface area contributed by atoms with Crippen LogP contribution < -0.4 is 5.56 Å². The van der Waals surface area contributed by atoms with Crippen molar-refractivity contribution in [2.24, 2.45) is 4.99 Å². The third kappa shape index (κ3) is 3.42. The van der Waals surface area contributed by atoms with Crippen LogP contribution in [-0.2, 0) is 4.74 Å². The number of nitrogens with one attached hydrogen (secondary N) is 1. The number of carboxylic acids is 1. The van der Waals surface area contributed by atoms with Crippen molar-refractivity contribution < 1.29 is 14.6 Å². The van der Waals surface area contributed by atoms with Gasteiger partial charge in [-0.3, -0.25) is 14.6 Å². The summed E-state index contributed by atoms with van der Waals surface area (Å²) in [7, 11) is 0. The average Bonchev–Trinajstić information content (AvgIpc) is 2.97. The molecule has 2 atom stereocenters. The molecular weight excluding hydrogens is 378 g/mol. The number of rotatable bonds is 3. The normalized spacial score (nSPS) is 23.8. The quantitative estimate of drug-likeness (QED) is 0.813. The summed E-state index contributed by atoms with van der Waals surface area (Å²) < 4.78 is 7.72. The molecule has 0 spiro atoms. The molecule has 4 rings (SSSR count). The lowest BCUT2D eigenvalue weighted by Gasteiger charge is -2.36. The molecule has 2 aromatic rings. The number of hydrogen-bond acceptors (Lipinski definition) is 5. The Morgan fingerprint density at radius 1 is 1.36 bits per heavy atom. The lowest BCUT2D eigenvalue weighted by molar-refractivity contribution is -0.0705. The summed E-state index contributed by atoms with van der Waals surface area (Å²) in [4.78, 5) is 28.7. The van der Waals surface area contributed by atoms with E-state index in [9.17, 15) is 9.59 Å². The fraction of sp³-hybridized carbons (Fsp3) is 0.450. The van der Waals surface area contributed by atoms with Crippen LogP contribution in [0.5, 0.6) is 0 Å². The molecule has 28 heavy (non-hydrogen) atoms. The molecule has 1 aromatic heterocycles. The average molecular weight is 401 g/mol. The van der Waals surface area contributed by atoms with Crippen LogP contribution in [0.4, 0.5) is 5.82 Å². The number of aromatic carboxylic acids is 1. The summed E-state index contributed by atoms with van der Waals surface area (Å²) in [6.07, 6.45) is 1.62. The molecule has 7 nitrogen and oxygen atoms in total. The van der Waals surface area contributed by atoms with Gasteiger partial charge in [0.1, 0.15) is 0 Å². The Morgan fingerprint density at radius 2 is 2.07 bits per heavy atom. The number of nitrogens with zero attached hydrogens (tertiary/aromatic N) is 2. The van der Waals surface area contributed by atoms with Crippen molar-refractivity contribution in [2.45, 2.75) is 50.5 Å². The van der Waals surface area contributed by atoms with E-state index < -0.39 is 5.97 Å². The molecule has 0 bridgehead atoms. The van der Waals surface area contributed by atoms with E-state index in [0.717, 1.165) is 23.4 Å². The summed E-state index contributed by atoms with van der Waals surface area (Å²) >= 11 is 1.51. The van der Waals surface area contributed by atoms with E-state index >= 15 is 0 Å². The van der Waals surface area contributed by atoms with Crippen molar-refractivity contribution >= 4 is 28.6 Å². The van der Waals surface area contributed by atoms with E-state index in [-0.39, 0.29) is 28.0 Å². The second-order valence-corrected chi connectivity index (χ2v) is 9.16. The smallest absolute Gasteiger partial charge is 0.335 e. The molecule has 148 valence electrons. The van der Waals surface area contributed by atoms with Gasteiger partial charge in [0.05, 0.1) is 33.1 Å². The first-order chi connectivity index (χ1) is 13.2. The van der Waals surface area contributed by atoms with Gasteiger partial charge in [-0.2, -0.15) is 0 Å². The first kappa shape index (κ1) is 19.0. The molecule has 0 amide bonds. The monoisotopic (exact) mass is 401 g/mol. The summed E-state index contributed by atoms with van der Waals surface area (Å²) in [6.45, 7) is 6.70. The fourth-order valence-electron chi connectivity index (χ4n) is 3.93. The third-order valence-corrected chi connectivity index (χ3v) is 6.42. The van der Waals surface area contributed by atoms with E-state index in [1.807, 2.05) is 11.6 Å². The number of ether oxygens (including phenoxy) is 1. The Bertz CT molecular complexity index is 1000. The first-order valence-electron chi connectivity index (χ1n) is 9.29. The van der Waals surface area contributed by atoms with Crippen LogP contribution >= 0.6 is 11.8 Å². The Labute approximate surface area is 166 Å². The van der Waals surface area contributed by atoms with E-state index in [4.69, 9.17) is 9.84 Å². The molecule has 2 aliphatic rings. The minimum Gasteiger partial charge on any atom is -0.478 e. The van der Waals surface area contributed by atoms with Crippen LogP contribution in [-0.4, -0.2) is 38.1 Å². The molecule has 1 fully saturated rings. The number of aromatic amines is 1. The molecule has 0 unspecified atom stereocenters. The lowest BCUT2D eigenvalue weighted by atomic mass is 9.94. The number of aliphatic imine (C=N–C) groups is 1. The van der Waals surface area contributed by atoms with Crippen LogP contribution in [0, 0.1) is 0 Å². The first-order valence-corrected chi connectivity index (χ1v) is 10.2. The summed E-state index contributed by atoms with van der Waals surface area (Å²) in [5.74, 6) is -0.288. The van der Waals surface area contributed by atoms with Crippen LogP contribution in [0.1, 0.15) is 66.4 Å². The number of fused-ring (bicyclic) bond motifs is 1. The largest absolute Gasteiger partial charge is 0.478 e. The zero-order valence-corrected chi connectivity index (χ0v) is 16.9. The van der Waals surface area contributed by atoms with Gasteiger partial charge in [-0.25, -0.2) is 9.79 Å². The molecule has 2 aliphatic heterocycles. The minimum atomic E-state index is -0.965. The Hall–Kier alpha value is -2.32. The third-order valence-electron chi connectivity index (χ3n) is 5.25. The number of benzene rings is 1. The van der Waals surface area contributed by atoms with Crippen molar-refractivity contribution in [1.82, 2.24) is 9.78 Å². The van der Waals surface area contributed by atoms with Crippen molar-refractivity contribution in [2.75, 3.05) is 6.61 Å². The van der Waals surface area contributed by atoms with Gasteiger partial charge in [0, 0.05) is 6.61 Å². The van der Waals surface area contributed by atoms with Gasteiger partial charge in [-0.15, -0.1) is 0 Å². The van der Waals surface area contributed by atoms with Crippen LogP contribution in [0.25, 0.3) is 0 Å². The standard InChI is InChI=1S/C20H23N3O4S/c1-11-21-17-15(16(28-11)12-4-6-13(7-5-12)19(25)26)18(24)22-23(17)14-8-9-27-20(2,3)10-14/h4-7,14,16H,8-10H2,1-3H3,(H,22,24)(H,25,26)/t14-,16-/m1/s1. The van der Waals surface area contributed by atoms with Gasteiger partial charge in [-0.05, 0) is 51.3 Å². The van der Waals surface area contributed by atoms with Gasteiger partial charge < -0.3 is 9.84 Å². The molecule has 1 saturated heterocycles. The van der Waals surface area contributed by atoms with Gasteiger partial charge >= 0.3 is 5.97 Å². The van der Waals surface area contributed by atoms with E-state index in [1.54, 1.807) is 24.3 Å². The zero-order valence-electron chi connectivity index (χ0n) is 16.1. The highest BCUT2D eigenvalue weighted by molar-refractivity contribution is 8.14. The molecule has 0 saturated carbocycles. The molecule has 8 heteroatoms. The van der Waals surface area contributed by atoms with Gasteiger partial charge in [0.2, 0.25) is 0 Å². The predicted octanol–water partition coefficient (Wildman–Crippen LogP) is 3.89. The van der Waals surface area contributed by atoms with Crippen LogP contribution in [0.3, 0.4) is 0 Å². The highest BCUT2D eigenvalue weighted by Gasteiger charge is 2.35. The molecule has 0 aliphatic carbocycles. The second kappa shape index (κ2) is 6.93. The number of carbonyl (C=O) groups is 1. The molecule has 3 heterocycles. The Balaban J connectivity index is 1.76. The molecule has 2 N–H and O–H groups in total. The topological polar surface area (TPSA) is 96.7 Å².